The minimum absolute atomic E-state index is 0.268. The normalized spacial score (nSPS) is 17.6. The Morgan fingerprint density at radius 2 is 1.23 bits per heavy atom. The van der Waals surface area contributed by atoms with E-state index in [0.29, 0.717) is 8.58 Å². The van der Waals surface area contributed by atoms with Crippen LogP contribution in [-0.4, -0.2) is 6.66 Å². The highest BCUT2D eigenvalue weighted by molar-refractivity contribution is 8.17. The molecule has 7 aromatic carbocycles. The maximum Gasteiger partial charge on any atom is 0.239 e. The van der Waals surface area contributed by atoms with Crippen molar-refractivity contribution in [2.24, 2.45) is 0 Å². The number of rotatable bonds is 9. The summed E-state index contributed by atoms with van der Waals surface area (Å²) in [7, 11) is -0.409. The van der Waals surface area contributed by atoms with Gasteiger partial charge in [-0.1, -0.05) is 106 Å². The van der Waals surface area contributed by atoms with Crippen molar-refractivity contribution in [3.05, 3.63) is 182 Å². The van der Waals surface area contributed by atoms with Gasteiger partial charge in [0.2, 0.25) is 14.7 Å². The molecule has 0 aliphatic carbocycles. The van der Waals surface area contributed by atoms with Gasteiger partial charge < -0.3 is 13.7 Å². The molecule has 5 nitrogen and oxygen atoms in total. The van der Waals surface area contributed by atoms with Crippen LogP contribution in [-0.2, 0) is 11.8 Å². The standard InChI is InChI=1S/C43H35N3O2P4S/c1-49-43-28-16-13-25-40(43)44(32-17-5-2-6-18-32)50-35-29-36(51-45(33-19-7-3-8-20-33)38-23-11-14-26-41(38)47-51)31-37(30-35)52(53)46(34-21-9-4-10-22-34)39-24-12-15-27-42(39)48-52/h2-31,49-50H,1H3. The lowest BCUT2D eigenvalue weighted by Crippen LogP contribution is -2.29. The second kappa shape index (κ2) is 14.7. The lowest BCUT2D eigenvalue weighted by molar-refractivity contribution is 0.640. The zero-order chi connectivity index (χ0) is 35.8. The minimum atomic E-state index is -2.91. The molecule has 2 aliphatic heterocycles. The summed E-state index contributed by atoms with van der Waals surface area (Å²) in [6, 6.07) is 63.8. The van der Waals surface area contributed by atoms with E-state index in [1.165, 1.54) is 11.0 Å². The summed E-state index contributed by atoms with van der Waals surface area (Å²) >= 11 is 6.83. The van der Waals surface area contributed by atoms with Crippen molar-refractivity contribution in [2.75, 3.05) is 20.7 Å². The van der Waals surface area contributed by atoms with Crippen molar-refractivity contribution >= 4 is 99.2 Å². The maximum absolute atomic E-state index is 7.00. The predicted molar refractivity (Wildman–Crippen MR) is 235 cm³/mol. The van der Waals surface area contributed by atoms with Crippen LogP contribution >= 0.6 is 32.0 Å². The van der Waals surface area contributed by atoms with Gasteiger partial charge in [0.25, 0.3) is 0 Å². The first-order chi connectivity index (χ1) is 26.1. The average molecular weight is 782 g/mol. The van der Waals surface area contributed by atoms with Gasteiger partial charge in [0.1, 0.15) is 5.75 Å². The van der Waals surface area contributed by atoms with Crippen LogP contribution in [0.1, 0.15) is 0 Å². The topological polar surface area (TPSA) is 28.2 Å². The van der Waals surface area contributed by atoms with E-state index in [-0.39, 0.29) is 8.73 Å². The molecule has 260 valence electrons. The Kier molecular flexibility index (Phi) is 9.51. The lowest BCUT2D eigenvalue weighted by atomic mass is 10.2. The fourth-order valence-electron chi connectivity index (χ4n) is 6.76. The van der Waals surface area contributed by atoms with Gasteiger partial charge >= 0.3 is 0 Å². The van der Waals surface area contributed by atoms with E-state index < -0.39 is 14.7 Å². The summed E-state index contributed by atoms with van der Waals surface area (Å²) in [5, 5.41) is 4.55. The molecule has 0 radical (unpaired) electrons. The Morgan fingerprint density at radius 1 is 0.623 bits per heavy atom. The highest BCUT2D eigenvalue weighted by Gasteiger charge is 2.42. The largest absolute Gasteiger partial charge is 0.446 e. The lowest BCUT2D eigenvalue weighted by Gasteiger charge is -2.31. The Balaban J connectivity index is 1.25. The number of benzene rings is 7. The first-order valence-corrected chi connectivity index (χ1v) is 23.6. The van der Waals surface area contributed by atoms with Crippen LogP contribution in [0.4, 0.5) is 34.1 Å². The zero-order valence-corrected chi connectivity index (χ0v) is 33.4. The molecule has 0 fully saturated rings. The Labute approximate surface area is 320 Å². The summed E-state index contributed by atoms with van der Waals surface area (Å²) in [6.07, 6.45) is -2.91. The molecule has 4 atom stereocenters. The van der Waals surface area contributed by atoms with Crippen LogP contribution in [0.2, 0.25) is 0 Å². The third-order valence-electron chi connectivity index (χ3n) is 9.16. The van der Waals surface area contributed by atoms with Gasteiger partial charge in [0.05, 0.1) is 17.1 Å². The van der Waals surface area contributed by atoms with E-state index in [1.807, 2.05) is 24.3 Å². The fraction of sp³-hybridized carbons (Fsp3) is 0.0233. The third-order valence-corrected chi connectivity index (χ3v) is 16.9. The molecule has 2 aliphatic rings. The van der Waals surface area contributed by atoms with Crippen LogP contribution in [0.15, 0.2) is 182 Å². The predicted octanol–water partition coefficient (Wildman–Crippen LogP) is 11.0. The smallest absolute Gasteiger partial charge is 0.239 e. The molecule has 10 heteroatoms. The first kappa shape index (κ1) is 34.3. The third kappa shape index (κ3) is 6.44. The summed E-state index contributed by atoms with van der Waals surface area (Å²) in [5.74, 6) is 1.68. The van der Waals surface area contributed by atoms with Gasteiger partial charge in [-0.05, 0) is 114 Å². The van der Waals surface area contributed by atoms with E-state index in [4.69, 9.17) is 20.9 Å². The molecule has 0 N–H and O–H groups in total. The van der Waals surface area contributed by atoms with Crippen molar-refractivity contribution in [3.63, 3.8) is 0 Å². The Morgan fingerprint density at radius 3 is 1.96 bits per heavy atom. The molecule has 53 heavy (non-hydrogen) atoms. The van der Waals surface area contributed by atoms with Crippen molar-refractivity contribution in [1.82, 2.24) is 0 Å². The van der Waals surface area contributed by atoms with Crippen LogP contribution in [0, 0.1) is 0 Å². The average Bonchev–Trinajstić information content (AvgIpc) is 3.77. The van der Waals surface area contributed by atoms with Crippen LogP contribution in [0.25, 0.3) is 0 Å². The number of hydrogen-bond acceptors (Lipinski definition) is 5. The molecule has 9 rings (SSSR count). The van der Waals surface area contributed by atoms with Crippen LogP contribution < -0.4 is 44.3 Å². The molecular formula is C43H35N3O2P4S. The van der Waals surface area contributed by atoms with Crippen LogP contribution in [0.3, 0.4) is 0 Å². The van der Waals surface area contributed by atoms with Gasteiger partial charge in [0.15, 0.2) is 5.75 Å². The number of anilines is 6. The van der Waals surface area contributed by atoms with E-state index in [1.54, 1.807) is 0 Å². The van der Waals surface area contributed by atoms with Gasteiger partial charge in [-0.2, -0.15) is 0 Å². The second-order valence-corrected chi connectivity index (χ2v) is 20.1. The SMILES string of the molecule is CPc1ccccc1N(Pc1cc(P2Oc3ccccc3N2c2ccccc2)cc(P2(=S)Oc3ccccc3N2c2ccccc2)c1)c1ccccc1. The van der Waals surface area contributed by atoms with Crippen molar-refractivity contribution in [3.8, 4) is 11.5 Å². The van der Waals surface area contributed by atoms with E-state index in [2.05, 4.69) is 178 Å². The highest BCUT2D eigenvalue weighted by atomic mass is 32.4. The zero-order valence-electron chi connectivity index (χ0n) is 28.8. The first-order valence-electron chi connectivity index (χ1n) is 17.3. The molecular weight excluding hydrogens is 746 g/mol. The van der Waals surface area contributed by atoms with Crippen LogP contribution in [0.5, 0.6) is 11.5 Å². The van der Waals surface area contributed by atoms with Crippen molar-refractivity contribution in [1.29, 1.82) is 0 Å². The summed E-state index contributed by atoms with van der Waals surface area (Å²) in [4.78, 5) is 0. The molecule has 0 aromatic heterocycles. The van der Waals surface area contributed by atoms with Gasteiger partial charge in [-0.25, -0.2) is 0 Å². The summed E-state index contributed by atoms with van der Waals surface area (Å²) in [5.41, 5.74) is 6.50. The molecule has 4 unspecified atom stereocenters. The molecule has 7 aromatic rings. The van der Waals surface area contributed by atoms with Gasteiger partial charge in [-0.15, -0.1) is 0 Å². The monoisotopic (exact) mass is 781 g/mol. The Bertz CT molecular complexity index is 2460. The summed E-state index contributed by atoms with van der Waals surface area (Å²) < 4.78 is 21.0. The molecule has 0 saturated heterocycles. The van der Waals surface area contributed by atoms with Gasteiger partial charge in [0, 0.05) is 36.4 Å². The minimum Gasteiger partial charge on any atom is -0.446 e. The number of para-hydroxylation sites is 8. The van der Waals surface area contributed by atoms with E-state index in [0.717, 1.165) is 55.8 Å². The molecule has 0 bridgehead atoms. The van der Waals surface area contributed by atoms with E-state index >= 15 is 0 Å². The van der Waals surface area contributed by atoms with Crippen molar-refractivity contribution in [2.45, 2.75) is 0 Å². The maximum atomic E-state index is 7.00. The number of hydrogen-bond donors (Lipinski definition) is 0. The molecule has 0 saturated carbocycles. The number of nitrogens with zero attached hydrogens (tertiary/aromatic N) is 3. The van der Waals surface area contributed by atoms with Crippen molar-refractivity contribution < 1.29 is 9.05 Å². The molecule has 0 spiro atoms. The summed E-state index contributed by atoms with van der Waals surface area (Å²) in [6.45, 7) is 2.25. The van der Waals surface area contributed by atoms with Gasteiger partial charge in [-0.3, -0.25) is 9.34 Å². The quantitative estimate of drug-likeness (QED) is 0.136. The molecule has 0 amide bonds. The van der Waals surface area contributed by atoms with E-state index in [9.17, 15) is 0 Å². The second-order valence-electron chi connectivity index (χ2n) is 12.5. The Hall–Kier alpha value is -4.52. The molecule has 2 heterocycles. The highest BCUT2D eigenvalue weighted by Crippen LogP contribution is 2.65. The fourth-order valence-corrected chi connectivity index (χ4v) is 14.6. The number of fused-ring (bicyclic) bond motifs is 2.